The van der Waals surface area contributed by atoms with Crippen molar-refractivity contribution in [2.75, 3.05) is 13.2 Å². The second-order valence-corrected chi connectivity index (χ2v) is 20.2. The fourth-order valence-corrected chi connectivity index (χ4v) is 8.07. The molecule has 6 nitrogen and oxygen atoms in total. The van der Waals surface area contributed by atoms with Gasteiger partial charge in [-0.3, -0.25) is 14.4 Å². The molecule has 0 spiro atoms. The Hall–Kier alpha value is -5.23. The SMILES string of the molecule is CC/C=C\C/C=C\C/C=C\C/C=C\C/C=C\C/C=C\C/C=C\C/C=C\CCCCCCC(=O)OCC(COC(=O)CCCCCCC/C=C\C/C=C\C/C=C\CC)OC(=O)CCCCCCCCC/C=C\C/C=C\C/C=C\CC. The normalized spacial score (nSPS) is 13.3. The number of carbonyl (C=O) groups excluding carboxylic acids is 3. The van der Waals surface area contributed by atoms with Crippen LogP contribution in [0.3, 0.4) is 0 Å². The van der Waals surface area contributed by atoms with Crippen molar-refractivity contribution in [3.8, 4) is 0 Å². The summed E-state index contributed by atoms with van der Waals surface area (Å²) < 4.78 is 16.9. The number of carbonyl (C=O) groups is 3. The molecule has 0 amide bonds. The molecule has 0 saturated heterocycles. The van der Waals surface area contributed by atoms with Gasteiger partial charge in [0.2, 0.25) is 0 Å². The molecule has 1 unspecified atom stereocenters. The molecule has 442 valence electrons. The number of hydrogen-bond acceptors (Lipinski definition) is 6. The number of unbranched alkanes of at least 4 members (excludes halogenated alkanes) is 16. The molecule has 0 aliphatic carbocycles. The first-order valence-corrected chi connectivity index (χ1v) is 31.6. The monoisotopic (exact) mass is 1090 g/mol. The average molecular weight is 1090 g/mol. The molecular formula is C73H114O6. The number of rotatable bonds is 55. The third kappa shape index (κ3) is 63.5. The summed E-state index contributed by atoms with van der Waals surface area (Å²) in [6, 6.07) is 0. The Morgan fingerprint density at radius 2 is 0.456 bits per heavy atom. The zero-order chi connectivity index (χ0) is 57.1. The summed E-state index contributed by atoms with van der Waals surface area (Å²) in [7, 11) is 0. The van der Waals surface area contributed by atoms with Crippen LogP contribution in [-0.2, 0) is 28.6 Å². The summed E-state index contributed by atoms with van der Waals surface area (Å²) in [6.07, 6.45) is 96.4. The van der Waals surface area contributed by atoms with E-state index < -0.39 is 6.10 Å². The topological polar surface area (TPSA) is 78.9 Å². The van der Waals surface area contributed by atoms with E-state index in [1.165, 1.54) is 19.3 Å². The van der Waals surface area contributed by atoms with Crippen LogP contribution < -0.4 is 0 Å². The van der Waals surface area contributed by atoms with Gasteiger partial charge in [-0.05, 0) is 148 Å². The van der Waals surface area contributed by atoms with E-state index >= 15 is 0 Å². The van der Waals surface area contributed by atoms with E-state index in [0.29, 0.717) is 19.3 Å². The Balaban J connectivity index is 4.45. The standard InChI is InChI=1S/C73H114O6/c1-4-7-10-13-16-19-22-25-28-30-31-32-33-34-35-36-37-38-39-40-41-43-45-48-51-54-57-60-63-66-72(75)78-69-70(68-77-71(74)65-62-59-56-53-50-47-44-27-24-21-18-15-12-9-6-3)79-73(76)67-64-61-58-55-52-49-46-42-29-26-23-20-17-14-11-8-5-2/h7-12,16-21,25-29,31-32,34-35,37-38,40-41,44-45,48,70H,4-6,13-15,22-24,30,33,36,39,42-43,46-47,49-69H2,1-3H3/b10-7-,11-8-,12-9-,19-16-,20-17-,21-18-,28-25-,29-26-,32-31-,35-34-,38-37-,41-40-,44-27-,48-45-. The first-order chi connectivity index (χ1) is 39.0. The largest absolute Gasteiger partial charge is 0.462 e. The molecule has 6 heteroatoms. The number of ether oxygens (including phenoxy) is 3. The fraction of sp³-hybridized carbons (Fsp3) is 0.575. The molecule has 0 aromatic rings. The van der Waals surface area contributed by atoms with Crippen molar-refractivity contribution in [2.24, 2.45) is 0 Å². The van der Waals surface area contributed by atoms with Crippen LogP contribution in [0.5, 0.6) is 0 Å². The van der Waals surface area contributed by atoms with Crippen molar-refractivity contribution in [3.05, 3.63) is 170 Å². The third-order valence-corrected chi connectivity index (χ3v) is 12.7. The van der Waals surface area contributed by atoms with Crippen molar-refractivity contribution >= 4 is 17.9 Å². The number of hydrogen-bond donors (Lipinski definition) is 0. The van der Waals surface area contributed by atoms with Crippen molar-refractivity contribution in [2.45, 2.75) is 258 Å². The summed E-state index contributed by atoms with van der Waals surface area (Å²) in [5.74, 6) is -0.964. The van der Waals surface area contributed by atoms with E-state index in [4.69, 9.17) is 14.2 Å². The summed E-state index contributed by atoms with van der Waals surface area (Å²) in [5, 5.41) is 0. The predicted molar refractivity (Wildman–Crippen MR) is 343 cm³/mol. The molecule has 0 aliphatic rings. The average Bonchev–Trinajstić information content (AvgIpc) is 3.45. The Labute approximate surface area is 485 Å². The minimum atomic E-state index is -0.812. The number of allylic oxidation sites excluding steroid dienone is 28. The van der Waals surface area contributed by atoms with E-state index in [9.17, 15) is 14.4 Å². The van der Waals surface area contributed by atoms with Gasteiger partial charge in [0, 0.05) is 19.3 Å². The quantitative estimate of drug-likeness (QED) is 0.0261. The Morgan fingerprint density at radius 1 is 0.253 bits per heavy atom. The van der Waals surface area contributed by atoms with Crippen LogP contribution in [0.25, 0.3) is 0 Å². The van der Waals surface area contributed by atoms with Crippen LogP contribution in [-0.4, -0.2) is 37.2 Å². The minimum absolute atomic E-state index is 0.107. The van der Waals surface area contributed by atoms with Gasteiger partial charge in [0.1, 0.15) is 13.2 Å². The minimum Gasteiger partial charge on any atom is -0.462 e. The highest BCUT2D eigenvalue weighted by Gasteiger charge is 2.19. The van der Waals surface area contributed by atoms with Gasteiger partial charge in [0.15, 0.2) is 6.10 Å². The first-order valence-electron chi connectivity index (χ1n) is 31.6. The van der Waals surface area contributed by atoms with E-state index in [2.05, 4.69) is 191 Å². The molecular weight excluding hydrogens is 973 g/mol. The molecule has 0 heterocycles. The van der Waals surface area contributed by atoms with Crippen molar-refractivity contribution in [3.63, 3.8) is 0 Å². The second-order valence-electron chi connectivity index (χ2n) is 20.2. The highest BCUT2D eigenvalue weighted by atomic mass is 16.6. The predicted octanol–water partition coefficient (Wildman–Crippen LogP) is 21.9. The molecule has 0 N–H and O–H groups in total. The van der Waals surface area contributed by atoms with Gasteiger partial charge in [0.25, 0.3) is 0 Å². The van der Waals surface area contributed by atoms with E-state index in [-0.39, 0.29) is 31.1 Å². The summed E-state index contributed by atoms with van der Waals surface area (Å²) in [6.45, 7) is 6.25. The molecule has 0 aromatic heterocycles. The lowest BCUT2D eigenvalue weighted by Crippen LogP contribution is -2.30. The molecule has 0 bridgehead atoms. The summed E-state index contributed by atoms with van der Waals surface area (Å²) >= 11 is 0. The first kappa shape index (κ1) is 73.8. The van der Waals surface area contributed by atoms with Gasteiger partial charge in [-0.25, -0.2) is 0 Å². The Morgan fingerprint density at radius 3 is 0.709 bits per heavy atom. The van der Waals surface area contributed by atoms with Crippen molar-refractivity contribution in [1.29, 1.82) is 0 Å². The molecule has 0 rings (SSSR count). The molecule has 79 heavy (non-hydrogen) atoms. The van der Waals surface area contributed by atoms with Gasteiger partial charge in [-0.2, -0.15) is 0 Å². The maximum Gasteiger partial charge on any atom is 0.306 e. The van der Waals surface area contributed by atoms with Gasteiger partial charge in [-0.1, -0.05) is 255 Å². The smallest absolute Gasteiger partial charge is 0.306 e. The molecule has 1 atom stereocenters. The lowest BCUT2D eigenvalue weighted by Gasteiger charge is -2.18. The summed E-state index contributed by atoms with van der Waals surface area (Å²) in [5.41, 5.74) is 0. The lowest BCUT2D eigenvalue weighted by molar-refractivity contribution is -0.167. The fourth-order valence-electron chi connectivity index (χ4n) is 8.07. The molecule has 0 aromatic carbocycles. The zero-order valence-electron chi connectivity index (χ0n) is 50.6. The van der Waals surface area contributed by atoms with Crippen molar-refractivity contribution < 1.29 is 28.6 Å². The maximum absolute atomic E-state index is 12.9. The molecule has 0 fully saturated rings. The van der Waals surface area contributed by atoms with Crippen LogP contribution in [0.4, 0.5) is 0 Å². The lowest BCUT2D eigenvalue weighted by atomic mass is 10.1. The van der Waals surface area contributed by atoms with Gasteiger partial charge < -0.3 is 14.2 Å². The molecule has 0 aliphatic heterocycles. The van der Waals surface area contributed by atoms with E-state index in [1.54, 1.807) is 0 Å². The van der Waals surface area contributed by atoms with Crippen LogP contribution >= 0.6 is 0 Å². The van der Waals surface area contributed by atoms with E-state index in [0.717, 1.165) is 193 Å². The maximum atomic E-state index is 12.9. The van der Waals surface area contributed by atoms with Crippen LogP contribution in [0.2, 0.25) is 0 Å². The van der Waals surface area contributed by atoms with Crippen LogP contribution in [0.1, 0.15) is 252 Å². The van der Waals surface area contributed by atoms with Crippen LogP contribution in [0, 0.1) is 0 Å². The van der Waals surface area contributed by atoms with Gasteiger partial charge in [0.05, 0.1) is 0 Å². The third-order valence-electron chi connectivity index (χ3n) is 12.7. The molecule has 0 radical (unpaired) electrons. The molecule has 0 saturated carbocycles. The second kappa shape index (κ2) is 65.3. The van der Waals surface area contributed by atoms with Crippen molar-refractivity contribution in [1.82, 2.24) is 0 Å². The zero-order valence-corrected chi connectivity index (χ0v) is 50.6. The van der Waals surface area contributed by atoms with Crippen LogP contribution in [0.15, 0.2) is 170 Å². The summed E-state index contributed by atoms with van der Waals surface area (Å²) in [4.78, 5) is 38.3. The van der Waals surface area contributed by atoms with Gasteiger partial charge in [-0.15, -0.1) is 0 Å². The highest BCUT2D eigenvalue weighted by Crippen LogP contribution is 2.14. The number of esters is 3. The van der Waals surface area contributed by atoms with Gasteiger partial charge >= 0.3 is 17.9 Å². The Kier molecular flexibility index (Phi) is 61.0. The highest BCUT2D eigenvalue weighted by molar-refractivity contribution is 5.71. The van der Waals surface area contributed by atoms with E-state index in [1.807, 2.05) is 0 Å². The Bertz CT molecular complexity index is 1820.